The van der Waals surface area contributed by atoms with E-state index in [-0.39, 0.29) is 28.0 Å². The molecule has 0 fully saturated rings. The van der Waals surface area contributed by atoms with Crippen LogP contribution in [-0.4, -0.2) is 11.4 Å². The van der Waals surface area contributed by atoms with Crippen LogP contribution < -0.4 is 10.2 Å². The van der Waals surface area contributed by atoms with Crippen LogP contribution in [0.3, 0.4) is 0 Å². The first-order valence-electron chi connectivity index (χ1n) is 22.6. The third-order valence-corrected chi connectivity index (χ3v) is 10.7. The second-order valence-electron chi connectivity index (χ2n) is 15.9. The minimum Gasteiger partial charge on any atom is -0.873 e. The van der Waals surface area contributed by atoms with Gasteiger partial charge in [0.05, 0.1) is 17.1 Å². The molecule has 0 N–H and O–H groups in total. The molecule has 0 spiro atoms. The maximum Gasteiger partial charge on any atom is 2.00 e. The minimum atomic E-state index is -0.351. The van der Waals surface area contributed by atoms with Crippen LogP contribution in [0.1, 0.15) is 183 Å². The molecule has 0 bridgehead atoms. The summed E-state index contributed by atoms with van der Waals surface area (Å²) in [4.78, 5) is 10.2. The van der Waals surface area contributed by atoms with Crippen molar-refractivity contribution in [1.29, 1.82) is 0 Å². The summed E-state index contributed by atoms with van der Waals surface area (Å²) in [7, 11) is 0. The normalized spacial score (nSPS) is 11.5. The van der Waals surface area contributed by atoms with Crippen molar-refractivity contribution < 1.29 is 26.7 Å². The van der Waals surface area contributed by atoms with E-state index in [9.17, 15) is 10.2 Å². The molecule has 3 rings (SSSR count). The number of hydrogen-bond donors (Lipinski definition) is 0. The molecule has 0 heterocycles. The molecule has 0 atom stereocenters. The fourth-order valence-electron chi connectivity index (χ4n) is 6.60. The van der Waals surface area contributed by atoms with Gasteiger partial charge < -0.3 is 10.2 Å². The van der Waals surface area contributed by atoms with Crippen molar-refractivity contribution in [2.75, 3.05) is 0 Å². The number of aryl methyl sites for hydroxylation is 6. The summed E-state index contributed by atoms with van der Waals surface area (Å²) in [6.07, 6.45) is 29.9. The quantitative estimate of drug-likeness (QED) is 0.0390. The van der Waals surface area contributed by atoms with Gasteiger partial charge in [0.15, 0.2) is 0 Å². The second-order valence-corrected chi connectivity index (χ2v) is 15.9. The van der Waals surface area contributed by atoms with E-state index in [1.54, 1.807) is 0 Å². The largest absolute Gasteiger partial charge is 2.00 e. The van der Waals surface area contributed by atoms with Crippen LogP contribution in [0, 0.1) is 39.5 Å². The summed E-state index contributed by atoms with van der Waals surface area (Å²) in [6, 6.07) is 16.2. The Morgan fingerprint density at radius 2 is 1.10 bits per heavy atom. The van der Waals surface area contributed by atoms with Crippen LogP contribution in [-0.2, 0) is 29.3 Å². The molecule has 0 saturated carbocycles. The average Bonchev–Trinajstić information content (AvgIpc) is 3.20. The predicted octanol–water partition coefficient (Wildman–Crippen LogP) is 14.7. The van der Waals surface area contributed by atoms with E-state index in [0.717, 1.165) is 66.9 Å². The summed E-state index contributed by atoms with van der Waals surface area (Å²) < 4.78 is 0. The number of unbranched alkanes of at least 4 members (excludes halogenated alkanes) is 16. The Labute approximate surface area is 365 Å². The van der Waals surface area contributed by atoms with E-state index in [1.807, 2.05) is 13.0 Å². The Kier molecular flexibility index (Phi) is 29.2. The number of allylic oxidation sites excluding steroid dienone is 2. The first kappa shape index (κ1) is 52.4. The Hall–Kier alpha value is -3.61. The van der Waals surface area contributed by atoms with E-state index in [1.165, 1.54) is 118 Å². The first-order valence-corrected chi connectivity index (χ1v) is 22.6. The van der Waals surface area contributed by atoms with Crippen molar-refractivity contribution >= 4 is 22.8 Å². The first-order chi connectivity index (χ1) is 27.6. The molecule has 0 aliphatic rings. The Bertz CT molecular complexity index is 1740. The maximum absolute atomic E-state index is 11.3. The van der Waals surface area contributed by atoms with Crippen LogP contribution in [0.2, 0.25) is 0 Å². The molecule has 0 unspecified atom stereocenters. The molecule has 58 heavy (non-hydrogen) atoms. The molecule has 4 nitrogen and oxygen atoms in total. The van der Waals surface area contributed by atoms with E-state index < -0.39 is 0 Å². The van der Waals surface area contributed by atoms with Crippen molar-refractivity contribution in [3.8, 4) is 23.3 Å². The molecular weight excluding hydrogens is 755 g/mol. The van der Waals surface area contributed by atoms with Crippen LogP contribution in [0.4, 0.5) is 11.4 Å². The Balaban J connectivity index is 0.000000943. The topological polar surface area (TPSA) is 70.8 Å². The smallest absolute Gasteiger partial charge is 0.873 e. The van der Waals surface area contributed by atoms with Gasteiger partial charge in [-0.1, -0.05) is 159 Å². The van der Waals surface area contributed by atoms with Gasteiger partial charge in [-0.25, -0.2) is 9.98 Å². The van der Waals surface area contributed by atoms with Crippen molar-refractivity contribution in [2.45, 2.75) is 190 Å². The average molecular weight is 832 g/mol. The zero-order chi connectivity index (χ0) is 41.7. The van der Waals surface area contributed by atoms with Crippen molar-refractivity contribution in [3.05, 3.63) is 94.1 Å². The van der Waals surface area contributed by atoms with E-state index in [4.69, 9.17) is 9.98 Å². The van der Waals surface area contributed by atoms with E-state index in [0.29, 0.717) is 12.0 Å². The molecule has 5 heteroatoms. The van der Waals surface area contributed by atoms with Gasteiger partial charge in [0.1, 0.15) is 5.71 Å². The number of hydrogen-bond acceptors (Lipinski definition) is 4. The molecule has 0 saturated heterocycles. The molecule has 0 aliphatic carbocycles. The van der Waals surface area contributed by atoms with Gasteiger partial charge in [0.2, 0.25) is 0 Å². The predicted molar refractivity (Wildman–Crippen MR) is 246 cm³/mol. The summed E-state index contributed by atoms with van der Waals surface area (Å²) in [5, 5.41) is 22.6. The zero-order valence-electron chi connectivity index (χ0n) is 37.6. The molecule has 0 aromatic heterocycles. The molecular formula is C53H76N2NiO2. The van der Waals surface area contributed by atoms with Crippen molar-refractivity contribution in [1.82, 2.24) is 0 Å². The summed E-state index contributed by atoms with van der Waals surface area (Å²) in [5.41, 5.74) is 10.2. The number of benzene rings is 3. The van der Waals surface area contributed by atoms with Crippen LogP contribution in [0.15, 0.2) is 70.7 Å². The monoisotopic (exact) mass is 831 g/mol. The molecule has 0 amide bonds. The third kappa shape index (κ3) is 22.0. The fourth-order valence-corrected chi connectivity index (χ4v) is 6.60. The zero-order valence-corrected chi connectivity index (χ0v) is 38.6. The van der Waals surface area contributed by atoms with Gasteiger partial charge >= 0.3 is 16.5 Å². The number of aliphatic imine (C=N–C) groups is 2. The number of nitrogens with zero attached hydrogens (tertiary/aromatic N) is 2. The van der Waals surface area contributed by atoms with Gasteiger partial charge in [0, 0.05) is 6.42 Å². The van der Waals surface area contributed by atoms with Gasteiger partial charge in [0.25, 0.3) is 0 Å². The van der Waals surface area contributed by atoms with Crippen LogP contribution >= 0.6 is 0 Å². The standard InChI is InChI=1S/C41H60N2.C12H18O2.Ni/c1-7-9-11-13-15-17-19-21-23-25-27-41(43-39-31-29-35(4)37(6)33-39)40(42-38-30-28-34(3)36(5)32-38)26-24-22-20-18-16-14-12-10-8-2;1-3-5-6-9-7-10(4-2)12(14)11(13)8-9;/h24,26,28-33H,7-23H2,1-6H3;7-8,13-14H,3-6H2,1-2H3;/q;;+2/p-2. The molecule has 3 aromatic rings. The molecule has 3 aromatic carbocycles. The van der Waals surface area contributed by atoms with Crippen LogP contribution in [0.5, 0.6) is 11.5 Å². The molecule has 0 radical (unpaired) electrons. The Morgan fingerprint density at radius 1 is 0.586 bits per heavy atom. The summed E-state index contributed by atoms with van der Waals surface area (Å²) in [5.74, 6) is 6.26. The van der Waals surface area contributed by atoms with Gasteiger partial charge in [-0.3, -0.25) is 0 Å². The van der Waals surface area contributed by atoms with E-state index in [2.05, 4.69) is 109 Å². The van der Waals surface area contributed by atoms with Crippen molar-refractivity contribution in [3.63, 3.8) is 0 Å². The van der Waals surface area contributed by atoms with Gasteiger partial charge in [-0.15, -0.1) is 11.5 Å². The van der Waals surface area contributed by atoms with E-state index >= 15 is 0 Å². The third-order valence-electron chi connectivity index (χ3n) is 10.7. The second kappa shape index (κ2) is 32.3. The fraction of sp³-hybridized carbons (Fsp3) is 0.547. The number of rotatable bonds is 24. The van der Waals surface area contributed by atoms with Crippen molar-refractivity contribution in [2.24, 2.45) is 9.98 Å². The van der Waals surface area contributed by atoms with Crippen LogP contribution in [0.25, 0.3) is 0 Å². The Morgan fingerprint density at radius 3 is 1.64 bits per heavy atom. The summed E-state index contributed by atoms with van der Waals surface area (Å²) >= 11 is 0. The SMILES string of the molecule is CCCCCCCCCC=CC(=Nc1ccc(C)c(C)c1)C(C#CCCCCCCCCCC)=Nc1ccc(C)c(C)c1.CCCCc1cc([O-])c([O-])c(CC)c1.[Ni+2]. The minimum absolute atomic E-state index is 0. The van der Waals surface area contributed by atoms with Gasteiger partial charge in [-0.2, -0.15) is 0 Å². The molecule has 320 valence electrons. The molecule has 0 aliphatic heterocycles. The summed E-state index contributed by atoms with van der Waals surface area (Å²) in [6.45, 7) is 17.2. The maximum atomic E-state index is 11.3. The van der Waals surface area contributed by atoms with Gasteiger partial charge in [-0.05, 0) is 130 Å².